The Balaban J connectivity index is 1.84. The van der Waals surface area contributed by atoms with Crippen LogP contribution in [0, 0.1) is 0 Å². The number of methoxy groups -OCH3 is 1. The summed E-state index contributed by atoms with van der Waals surface area (Å²) in [4.78, 5) is 6.71. The molecule has 0 aliphatic carbocycles. The monoisotopic (exact) mass is 318 g/mol. The molecule has 1 aliphatic rings. The third-order valence-electron chi connectivity index (χ3n) is 3.84. The summed E-state index contributed by atoms with van der Waals surface area (Å²) >= 11 is 6.26. The molecule has 6 heteroatoms. The molecule has 2 aromatic rings. The normalized spacial score (nSPS) is 16.6. The lowest BCUT2D eigenvalue weighted by Gasteiger charge is -2.30. The van der Waals surface area contributed by atoms with Crippen LogP contribution in [0.4, 0.5) is 0 Å². The van der Waals surface area contributed by atoms with Crippen molar-refractivity contribution >= 4 is 28.7 Å². The van der Waals surface area contributed by atoms with Gasteiger partial charge in [-0.2, -0.15) is 5.10 Å². The molecule has 3 rings (SSSR count). The molecule has 0 amide bonds. The zero-order valence-electron chi connectivity index (χ0n) is 12.8. The number of pyridine rings is 1. The standard InChI is InChI=1S/C16H19ClN4O/c1-20-5-7-21(8-6-20)18-11-13-9-12-10-14(22-2)3-4-15(12)19-16(13)17/h3-4,9-11H,5-8H2,1-2H3/b18-11-. The van der Waals surface area contributed by atoms with Crippen LogP contribution in [0.1, 0.15) is 5.56 Å². The molecular weight excluding hydrogens is 300 g/mol. The molecular formula is C16H19ClN4O. The van der Waals surface area contributed by atoms with E-state index in [1.165, 1.54) is 0 Å². The molecule has 1 aliphatic heterocycles. The number of halogens is 1. The molecule has 1 saturated heterocycles. The average Bonchev–Trinajstić information content (AvgIpc) is 2.54. The van der Waals surface area contributed by atoms with Gasteiger partial charge >= 0.3 is 0 Å². The number of hydrogen-bond acceptors (Lipinski definition) is 5. The van der Waals surface area contributed by atoms with Crippen molar-refractivity contribution < 1.29 is 4.74 Å². The highest BCUT2D eigenvalue weighted by Gasteiger charge is 2.11. The summed E-state index contributed by atoms with van der Waals surface area (Å²) in [5.41, 5.74) is 1.67. The van der Waals surface area contributed by atoms with E-state index in [1.807, 2.05) is 24.3 Å². The smallest absolute Gasteiger partial charge is 0.138 e. The molecule has 0 spiro atoms. The van der Waals surface area contributed by atoms with Gasteiger partial charge in [-0.3, -0.25) is 5.01 Å². The molecule has 0 atom stereocenters. The van der Waals surface area contributed by atoms with Gasteiger partial charge in [0.05, 0.1) is 18.8 Å². The van der Waals surface area contributed by atoms with Crippen LogP contribution >= 0.6 is 11.6 Å². The van der Waals surface area contributed by atoms with Crippen LogP contribution in [0.25, 0.3) is 10.9 Å². The van der Waals surface area contributed by atoms with Crippen molar-refractivity contribution in [2.45, 2.75) is 0 Å². The van der Waals surface area contributed by atoms with Gasteiger partial charge in [-0.25, -0.2) is 4.98 Å². The van der Waals surface area contributed by atoms with Gasteiger partial charge in [-0.1, -0.05) is 11.6 Å². The van der Waals surface area contributed by atoms with Crippen molar-refractivity contribution in [3.05, 3.63) is 35.0 Å². The topological polar surface area (TPSA) is 41.0 Å². The van der Waals surface area contributed by atoms with Crippen LogP contribution in [0.2, 0.25) is 5.15 Å². The highest BCUT2D eigenvalue weighted by atomic mass is 35.5. The second kappa shape index (κ2) is 6.50. The van der Waals surface area contributed by atoms with Crippen molar-refractivity contribution in [1.82, 2.24) is 14.9 Å². The van der Waals surface area contributed by atoms with Gasteiger partial charge in [0.25, 0.3) is 0 Å². The fourth-order valence-electron chi connectivity index (χ4n) is 2.42. The Labute approximate surface area is 135 Å². The van der Waals surface area contributed by atoms with Crippen LogP contribution in [0.3, 0.4) is 0 Å². The molecule has 1 fully saturated rings. The molecule has 0 radical (unpaired) electrons. The van der Waals surface area contributed by atoms with Crippen LogP contribution in [-0.4, -0.2) is 61.4 Å². The van der Waals surface area contributed by atoms with Crippen LogP contribution < -0.4 is 4.74 Å². The predicted molar refractivity (Wildman–Crippen MR) is 90.0 cm³/mol. The maximum atomic E-state index is 6.26. The minimum Gasteiger partial charge on any atom is -0.497 e. The number of piperazine rings is 1. The largest absolute Gasteiger partial charge is 0.497 e. The number of rotatable bonds is 3. The first kappa shape index (κ1) is 15.1. The number of hydrazone groups is 1. The Kier molecular flexibility index (Phi) is 4.45. The van der Waals surface area contributed by atoms with Gasteiger partial charge in [0.15, 0.2) is 0 Å². The quantitative estimate of drug-likeness (QED) is 0.644. The number of hydrogen-bond donors (Lipinski definition) is 0. The third kappa shape index (κ3) is 3.31. The molecule has 0 bridgehead atoms. The van der Waals surface area contributed by atoms with Crippen molar-refractivity contribution in [2.75, 3.05) is 40.3 Å². The summed E-state index contributed by atoms with van der Waals surface area (Å²) in [5.74, 6) is 0.804. The second-order valence-corrected chi connectivity index (χ2v) is 5.79. The van der Waals surface area contributed by atoms with E-state index in [2.05, 4.69) is 27.0 Å². The summed E-state index contributed by atoms with van der Waals surface area (Å²) in [6, 6.07) is 7.73. The van der Waals surface area contributed by atoms with Crippen molar-refractivity contribution in [2.24, 2.45) is 5.10 Å². The van der Waals surface area contributed by atoms with Gasteiger partial charge in [-0.15, -0.1) is 0 Å². The molecule has 0 N–H and O–H groups in total. The van der Waals surface area contributed by atoms with Crippen molar-refractivity contribution in [3.8, 4) is 5.75 Å². The summed E-state index contributed by atoms with van der Waals surface area (Å²) < 4.78 is 5.25. The molecule has 116 valence electrons. The summed E-state index contributed by atoms with van der Waals surface area (Å²) in [6.07, 6.45) is 1.79. The highest BCUT2D eigenvalue weighted by molar-refractivity contribution is 6.32. The van der Waals surface area contributed by atoms with E-state index >= 15 is 0 Å². The van der Waals surface area contributed by atoms with E-state index in [-0.39, 0.29) is 0 Å². The first-order valence-corrected chi connectivity index (χ1v) is 7.65. The van der Waals surface area contributed by atoms with Gasteiger partial charge in [0.2, 0.25) is 0 Å². The molecule has 2 heterocycles. The van der Waals surface area contributed by atoms with Crippen molar-refractivity contribution in [3.63, 3.8) is 0 Å². The van der Waals surface area contributed by atoms with Gasteiger partial charge in [-0.05, 0) is 31.3 Å². The minimum absolute atomic E-state index is 0.468. The lowest BCUT2D eigenvalue weighted by atomic mass is 10.1. The van der Waals surface area contributed by atoms with E-state index in [0.717, 1.165) is 48.4 Å². The van der Waals surface area contributed by atoms with E-state index in [4.69, 9.17) is 16.3 Å². The highest BCUT2D eigenvalue weighted by Crippen LogP contribution is 2.23. The van der Waals surface area contributed by atoms with Gasteiger partial charge < -0.3 is 9.64 Å². The van der Waals surface area contributed by atoms with Gasteiger partial charge in [0.1, 0.15) is 10.9 Å². The molecule has 5 nitrogen and oxygen atoms in total. The number of aromatic nitrogens is 1. The number of ether oxygens (including phenoxy) is 1. The average molecular weight is 319 g/mol. The zero-order valence-corrected chi connectivity index (χ0v) is 13.5. The number of fused-ring (bicyclic) bond motifs is 1. The van der Waals surface area contributed by atoms with E-state index in [1.54, 1.807) is 13.3 Å². The molecule has 1 aromatic carbocycles. The lowest BCUT2D eigenvalue weighted by molar-refractivity contribution is 0.159. The Morgan fingerprint density at radius 2 is 2.00 bits per heavy atom. The van der Waals surface area contributed by atoms with E-state index in [0.29, 0.717) is 5.15 Å². The lowest BCUT2D eigenvalue weighted by Crippen LogP contribution is -2.41. The fourth-order valence-corrected chi connectivity index (χ4v) is 2.61. The SMILES string of the molecule is COc1ccc2nc(Cl)c(/C=N\N3CCN(C)CC3)cc2c1. The summed E-state index contributed by atoms with van der Waals surface area (Å²) in [5, 5.41) is 8.04. The Morgan fingerprint density at radius 3 is 2.73 bits per heavy atom. The Bertz CT molecular complexity index is 696. The molecule has 1 aromatic heterocycles. The minimum atomic E-state index is 0.468. The van der Waals surface area contributed by atoms with Crippen LogP contribution in [0.5, 0.6) is 5.75 Å². The first-order chi connectivity index (χ1) is 10.7. The van der Waals surface area contributed by atoms with Crippen LogP contribution in [-0.2, 0) is 0 Å². The van der Waals surface area contributed by atoms with Gasteiger partial charge in [0, 0.05) is 37.1 Å². The van der Waals surface area contributed by atoms with Crippen molar-refractivity contribution in [1.29, 1.82) is 0 Å². The maximum absolute atomic E-state index is 6.26. The maximum Gasteiger partial charge on any atom is 0.138 e. The molecule has 22 heavy (non-hydrogen) atoms. The fraction of sp³-hybridized carbons (Fsp3) is 0.375. The molecule has 0 saturated carbocycles. The zero-order chi connectivity index (χ0) is 15.5. The predicted octanol–water partition coefficient (Wildman–Crippen LogP) is 2.48. The van der Waals surface area contributed by atoms with E-state index in [9.17, 15) is 0 Å². The Morgan fingerprint density at radius 1 is 1.23 bits per heavy atom. The molecule has 0 unspecified atom stereocenters. The third-order valence-corrected chi connectivity index (χ3v) is 4.15. The Hall–Kier alpha value is -1.85. The number of nitrogens with zero attached hydrogens (tertiary/aromatic N) is 4. The number of benzene rings is 1. The summed E-state index contributed by atoms with van der Waals surface area (Å²) in [6.45, 7) is 3.91. The second-order valence-electron chi connectivity index (χ2n) is 5.43. The van der Waals surface area contributed by atoms with Crippen LogP contribution in [0.15, 0.2) is 29.4 Å². The van der Waals surface area contributed by atoms with E-state index < -0.39 is 0 Å². The number of likely N-dealkylation sites (N-methyl/N-ethyl adjacent to an activating group) is 1. The summed E-state index contributed by atoms with van der Waals surface area (Å²) in [7, 11) is 3.78. The first-order valence-electron chi connectivity index (χ1n) is 7.27.